The number of aliphatic hydroxyl groups is 5. The lowest BCUT2D eigenvalue weighted by Gasteiger charge is -2.20. The van der Waals surface area contributed by atoms with Gasteiger partial charge in [-0.05, 0) is 0 Å². The topological polar surface area (TPSA) is 370 Å². The Labute approximate surface area is 279 Å². The fourth-order valence-corrected chi connectivity index (χ4v) is 6.66. The highest BCUT2D eigenvalue weighted by Crippen LogP contribution is 2.46. The molecular weight excluding hydrogens is 718 g/mol. The standard InChI is InChI=1S/C23H32N10O15P2/c24-18-12-20(28-5-26-18)32(7-30-12)22-16(37)14(35)10(47-22)3-45-49(39,40)43-1-9(34)2-44-50(41,42)46-4-11-15(36)17(38)23(48-11)33-8-31-13-19(25)27-6-29-21(13)33/h5-11,14-17,22-23,34-38H,1-4H2,(H,39,40)(H,41,42)(H2,24,26,28)(H2,25,27,29)/t9?,10-,11?,14-,15?,16-,17-,22?,23-/m1/s1. The average molecular weight is 751 g/mol. The number of aliphatic hydroxyl groups excluding tert-OH is 5. The first kappa shape index (κ1) is 36.4. The summed E-state index contributed by atoms with van der Waals surface area (Å²) in [6, 6.07) is 0. The largest absolute Gasteiger partial charge is 0.472 e. The lowest BCUT2D eigenvalue weighted by atomic mass is 10.1. The van der Waals surface area contributed by atoms with Gasteiger partial charge in [0.2, 0.25) is 0 Å². The van der Waals surface area contributed by atoms with Crippen molar-refractivity contribution in [2.45, 2.75) is 55.2 Å². The second-order valence-electron chi connectivity index (χ2n) is 11.0. The second-order valence-corrected chi connectivity index (χ2v) is 13.9. The zero-order chi connectivity index (χ0) is 36.0. The number of nitrogens with zero attached hydrogens (tertiary/aromatic N) is 8. The molecule has 0 radical (unpaired) electrons. The van der Waals surface area contributed by atoms with Crippen molar-refractivity contribution >= 4 is 49.6 Å². The molecule has 0 aromatic carbocycles. The van der Waals surface area contributed by atoms with Gasteiger partial charge >= 0.3 is 15.6 Å². The molecule has 2 saturated heterocycles. The van der Waals surface area contributed by atoms with Crippen molar-refractivity contribution in [2.75, 3.05) is 37.9 Å². The third kappa shape index (κ3) is 7.48. The summed E-state index contributed by atoms with van der Waals surface area (Å²) in [4.78, 5) is 43.9. The molecule has 0 spiro atoms. The molecule has 0 bridgehead atoms. The van der Waals surface area contributed by atoms with Crippen LogP contribution in [0.3, 0.4) is 0 Å². The van der Waals surface area contributed by atoms with Crippen LogP contribution in [0.2, 0.25) is 0 Å². The number of fused-ring (bicyclic) bond motifs is 2. The number of phosphoric acid groups is 2. The SMILES string of the molecule is Nc1ncnc2c1ncn2C1O[C@H](COP(=O)(O)OCC(O)COP(=O)(O)OCC2O[C@@H](n3cnc4c(N)ncnc43)[C@H](O)C2O)[C@@H](O)[C@H]1O. The number of ether oxygens (including phenoxy) is 2. The molecule has 27 heteroatoms. The van der Waals surface area contributed by atoms with Crippen LogP contribution >= 0.6 is 15.6 Å². The van der Waals surface area contributed by atoms with Crippen molar-refractivity contribution in [2.24, 2.45) is 0 Å². The van der Waals surface area contributed by atoms with E-state index in [2.05, 4.69) is 29.9 Å². The molecule has 11 atom stereocenters. The minimum atomic E-state index is -4.92. The predicted molar refractivity (Wildman–Crippen MR) is 161 cm³/mol. The molecular formula is C23H32N10O15P2. The maximum atomic E-state index is 12.4. The number of hydrogen-bond donors (Lipinski definition) is 9. The number of nitrogens with two attached hydrogens (primary N) is 2. The summed E-state index contributed by atoms with van der Waals surface area (Å²) >= 11 is 0. The summed E-state index contributed by atoms with van der Waals surface area (Å²) in [5, 5.41) is 52.0. The van der Waals surface area contributed by atoms with Gasteiger partial charge in [-0.2, -0.15) is 0 Å². The summed E-state index contributed by atoms with van der Waals surface area (Å²) in [6.07, 6.45) is -8.27. The van der Waals surface area contributed by atoms with Crippen molar-refractivity contribution in [1.29, 1.82) is 0 Å². The van der Waals surface area contributed by atoms with E-state index in [9.17, 15) is 44.4 Å². The minimum absolute atomic E-state index is 0.0683. The number of rotatable bonds is 14. The zero-order valence-corrected chi connectivity index (χ0v) is 27.1. The molecule has 274 valence electrons. The van der Waals surface area contributed by atoms with Crippen molar-refractivity contribution in [3.05, 3.63) is 25.3 Å². The predicted octanol–water partition coefficient (Wildman–Crippen LogP) is -3.30. The van der Waals surface area contributed by atoms with Gasteiger partial charge in [0.1, 0.15) is 66.4 Å². The Balaban J connectivity index is 0.940. The van der Waals surface area contributed by atoms with E-state index in [1.807, 2.05) is 0 Å². The zero-order valence-electron chi connectivity index (χ0n) is 25.4. The van der Waals surface area contributed by atoms with E-state index in [-0.39, 0.29) is 34.0 Å². The molecule has 2 aliphatic heterocycles. The Hall–Kier alpha value is -3.36. The van der Waals surface area contributed by atoms with Gasteiger partial charge in [-0.15, -0.1) is 0 Å². The summed E-state index contributed by atoms with van der Waals surface area (Å²) in [7, 11) is -9.83. The molecule has 2 fully saturated rings. The van der Waals surface area contributed by atoms with Gasteiger partial charge in [-0.25, -0.2) is 39.0 Å². The smallest absolute Gasteiger partial charge is 0.388 e. The first-order chi connectivity index (χ1) is 23.7. The van der Waals surface area contributed by atoms with E-state index < -0.39 is 97.3 Å². The van der Waals surface area contributed by atoms with Crippen LogP contribution in [0.25, 0.3) is 22.3 Å². The number of anilines is 2. The fraction of sp³-hybridized carbons (Fsp3) is 0.565. The van der Waals surface area contributed by atoms with Gasteiger partial charge in [-0.3, -0.25) is 27.2 Å². The van der Waals surface area contributed by atoms with Crippen LogP contribution in [0.5, 0.6) is 0 Å². The van der Waals surface area contributed by atoms with Crippen molar-refractivity contribution in [1.82, 2.24) is 39.0 Å². The molecule has 25 nitrogen and oxygen atoms in total. The van der Waals surface area contributed by atoms with Crippen LogP contribution in [-0.4, -0.2) is 144 Å². The highest BCUT2D eigenvalue weighted by molar-refractivity contribution is 7.47. The third-order valence-corrected chi connectivity index (χ3v) is 9.56. The Morgan fingerprint density at radius 1 is 0.680 bits per heavy atom. The first-order valence-corrected chi connectivity index (χ1v) is 17.5. The fourth-order valence-electron chi connectivity index (χ4n) is 5.12. The number of hydrogen-bond acceptors (Lipinski definition) is 21. The van der Waals surface area contributed by atoms with Gasteiger partial charge in [0.05, 0.1) is 39.1 Å². The minimum Gasteiger partial charge on any atom is -0.388 e. The Morgan fingerprint density at radius 2 is 1.08 bits per heavy atom. The van der Waals surface area contributed by atoms with Crippen molar-refractivity contribution in [3.8, 4) is 0 Å². The quantitative estimate of drug-likeness (QED) is 0.0570. The second kappa shape index (κ2) is 14.3. The molecule has 0 aliphatic carbocycles. The summed E-state index contributed by atoms with van der Waals surface area (Å²) in [5.74, 6) is 0.137. The maximum Gasteiger partial charge on any atom is 0.472 e. The van der Waals surface area contributed by atoms with Crippen LogP contribution in [0.1, 0.15) is 12.5 Å². The molecule has 0 amide bonds. The summed E-state index contributed by atoms with van der Waals surface area (Å²) in [5.41, 5.74) is 12.4. The molecule has 0 saturated carbocycles. The van der Waals surface area contributed by atoms with Gasteiger partial charge in [0.15, 0.2) is 35.4 Å². The molecule has 11 N–H and O–H groups in total. The molecule has 6 unspecified atom stereocenters. The lowest BCUT2D eigenvalue weighted by molar-refractivity contribution is -0.0543. The third-order valence-electron chi connectivity index (χ3n) is 7.66. The monoisotopic (exact) mass is 750 g/mol. The molecule has 6 rings (SSSR count). The van der Waals surface area contributed by atoms with Crippen LogP contribution in [-0.2, 0) is 36.7 Å². The molecule has 2 aliphatic rings. The van der Waals surface area contributed by atoms with Crippen LogP contribution in [0.4, 0.5) is 11.6 Å². The molecule has 6 heterocycles. The van der Waals surface area contributed by atoms with Crippen molar-refractivity contribution in [3.63, 3.8) is 0 Å². The van der Waals surface area contributed by atoms with Gasteiger partial charge < -0.3 is 56.3 Å². The van der Waals surface area contributed by atoms with E-state index in [1.54, 1.807) is 0 Å². The van der Waals surface area contributed by atoms with E-state index in [0.717, 1.165) is 12.7 Å². The Morgan fingerprint density at radius 3 is 1.48 bits per heavy atom. The van der Waals surface area contributed by atoms with E-state index >= 15 is 0 Å². The van der Waals surface area contributed by atoms with Gasteiger partial charge in [-0.1, -0.05) is 0 Å². The maximum absolute atomic E-state index is 12.4. The number of aromatic nitrogens is 8. The number of phosphoric ester groups is 2. The summed E-state index contributed by atoms with van der Waals surface area (Å²) < 4.78 is 57.7. The number of nitrogen functional groups attached to an aromatic ring is 2. The van der Waals surface area contributed by atoms with E-state index in [4.69, 9.17) is 39.0 Å². The average Bonchev–Trinajstić information content (AvgIpc) is 3.84. The Kier molecular flexibility index (Phi) is 10.4. The lowest BCUT2D eigenvalue weighted by Crippen LogP contribution is -2.33. The first-order valence-electron chi connectivity index (χ1n) is 14.5. The number of imidazole rings is 2. The Bertz CT molecular complexity index is 1780. The van der Waals surface area contributed by atoms with E-state index in [1.165, 1.54) is 21.8 Å². The summed E-state index contributed by atoms with van der Waals surface area (Å²) in [6.45, 7) is -3.36. The highest BCUT2D eigenvalue weighted by atomic mass is 31.2. The highest BCUT2D eigenvalue weighted by Gasteiger charge is 2.47. The molecule has 50 heavy (non-hydrogen) atoms. The molecule has 4 aromatic rings. The molecule has 4 aromatic heterocycles. The van der Waals surface area contributed by atoms with Gasteiger partial charge in [0, 0.05) is 0 Å². The van der Waals surface area contributed by atoms with Gasteiger partial charge in [0.25, 0.3) is 0 Å². The van der Waals surface area contributed by atoms with E-state index in [0.29, 0.717) is 0 Å². The van der Waals surface area contributed by atoms with Crippen LogP contribution in [0.15, 0.2) is 25.3 Å². The normalized spacial score (nSPS) is 30.1. The van der Waals surface area contributed by atoms with Crippen LogP contribution in [0, 0.1) is 0 Å². The van der Waals surface area contributed by atoms with Crippen LogP contribution < -0.4 is 11.5 Å². The van der Waals surface area contributed by atoms with Crippen molar-refractivity contribution < 1.29 is 72.0 Å².